The molecule has 3 aromatic heterocycles. The Balaban J connectivity index is 1.29. The zero-order valence-corrected chi connectivity index (χ0v) is 15.5. The summed E-state index contributed by atoms with van der Waals surface area (Å²) in [4.78, 5) is 22.9. The minimum Gasteiger partial charge on any atom is -0.355 e. The van der Waals surface area contributed by atoms with Gasteiger partial charge in [0.25, 0.3) is 0 Å². The van der Waals surface area contributed by atoms with Crippen LogP contribution in [0, 0.1) is 5.92 Å². The van der Waals surface area contributed by atoms with Crippen LogP contribution < -0.4 is 10.2 Å². The van der Waals surface area contributed by atoms with Crippen molar-refractivity contribution < 1.29 is 4.79 Å². The van der Waals surface area contributed by atoms with E-state index in [4.69, 9.17) is 0 Å². The second-order valence-corrected chi connectivity index (χ2v) is 6.81. The molecule has 1 fully saturated rings. The van der Waals surface area contributed by atoms with Crippen LogP contribution in [0.3, 0.4) is 0 Å². The number of rotatable bonds is 5. The fourth-order valence-electron chi connectivity index (χ4n) is 3.37. The van der Waals surface area contributed by atoms with E-state index >= 15 is 0 Å². The molecular weight excluding hydrogens is 352 g/mol. The summed E-state index contributed by atoms with van der Waals surface area (Å²) in [5.41, 5.74) is 2.70. The van der Waals surface area contributed by atoms with Crippen molar-refractivity contribution in [3.63, 3.8) is 0 Å². The lowest BCUT2D eigenvalue weighted by molar-refractivity contribution is -0.125. The first-order valence-corrected chi connectivity index (χ1v) is 9.46. The molecule has 0 unspecified atom stereocenters. The molecule has 0 spiro atoms. The second-order valence-electron chi connectivity index (χ2n) is 6.81. The number of carbonyl (C=O) groups excluding carboxylic acids is 1. The number of nitrogens with zero attached hydrogens (tertiary/aromatic N) is 5. The van der Waals surface area contributed by atoms with Crippen molar-refractivity contribution in [1.29, 1.82) is 0 Å². The smallest absolute Gasteiger partial charge is 0.223 e. The van der Waals surface area contributed by atoms with Gasteiger partial charge in [-0.15, -0.1) is 10.2 Å². The number of nitrogens with one attached hydrogen (secondary N) is 1. The van der Waals surface area contributed by atoms with Gasteiger partial charge in [0.2, 0.25) is 5.91 Å². The Morgan fingerprint density at radius 3 is 2.50 bits per heavy atom. The second kappa shape index (κ2) is 8.56. The molecule has 0 radical (unpaired) electrons. The van der Waals surface area contributed by atoms with E-state index in [9.17, 15) is 4.79 Å². The van der Waals surface area contributed by atoms with Gasteiger partial charge in [0.1, 0.15) is 0 Å². The van der Waals surface area contributed by atoms with Crippen LogP contribution in [-0.4, -0.2) is 39.2 Å². The first kappa shape index (κ1) is 18.0. The molecule has 142 valence electrons. The fourth-order valence-corrected chi connectivity index (χ4v) is 3.37. The maximum absolute atomic E-state index is 12.4. The minimum absolute atomic E-state index is 0.0315. The molecule has 1 N–H and O–H groups in total. The third kappa shape index (κ3) is 4.31. The van der Waals surface area contributed by atoms with E-state index in [-0.39, 0.29) is 11.8 Å². The van der Waals surface area contributed by atoms with Crippen LogP contribution in [0.4, 0.5) is 5.82 Å². The van der Waals surface area contributed by atoms with E-state index in [2.05, 4.69) is 30.4 Å². The van der Waals surface area contributed by atoms with Crippen LogP contribution in [0.15, 0.2) is 61.1 Å². The predicted molar refractivity (Wildman–Crippen MR) is 106 cm³/mol. The summed E-state index contributed by atoms with van der Waals surface area (Å²) in [5, 5.41) is 11.7. The predicted octanol–water partition coefficient (Wildman–Crippen LogP) is 2.47. The normalized spacial score (nSPS) is 14.6. The van der Waals surface area contributed by atoms with E-state index in [1.54, 1.807) is 18.6 Å². The zero-order chi connectivity index (χ0) is 19.2. The Morgan fingerprint density at radius 1 is 1.00 bits per heavy atom. The van der Waals surface area contributed by atoms with Crippen molar-refractivity contribution >= 4 is 11.7 Å². The fraction of sp³-hybridized carbons (Fsp3) is 0.286. The lowest BCUT2D eigenvalue weighted by atomic mass is 9.96. The van der Waals surface area contributed by atoms with Crippen LogP contribution in [0.25, 0.3) is 11.3 Å². The first-order chi connectivity index (χ1) is 13.8. The Morgan fingerprint density at radius 2 is 1.82 bits per heavy atom. The summed E-state index contributed by atoms with van der Waals surface area (Å²) in [6, 6.07) is 13.5. The molecule has 4 rings (SSSR count). The summed E-state index contributed by atoms with van der Waals surface area (Å²) in [6.45, 7) is 2.07. The van der Waals surface area contributed by atoms with Gasteiger partial charge in [0.15, 0.2) is 5.82 Å². The van der Waals surface area contributed by atoms with Crippen LogP contribution in [0.1, 0.15) is 18.5 Å². The van der Waals surface area contributed by atoms with Gasteiger partial charge in [-0.25, -0.2) is 0 Å². The van der Waals surface area contributed by atoms with Gasteiger partial charge < -0.3 is 10.2 Å². The number of pyridine rings is 2. The monoisotopic (exact) mass is 374 g/mol. The molecule has 0 bridgehead atoms. The van der Waals surface area contributed by atoms with Gasteiger partial charge in [-0.3, -0.25) is 14.8 Å². The molecule has 0 saturated carbocycles. The number of hydrogen-bond donors (Lipinski definition) is 1. The Hall–Kier alpha value is -3.35. The van der Waals surface area contributed by atoms with Gasteiger partial charge >= 0.3 is 0 Å². The van der Waals surface area contributed by atoms with Gasteiger partial charge in [-0.2, -0.15) is 0 Å². The van der Waals surface area contributed by atoms with E-state index in [1.165, 1.54) is 0 Å². The largest absolute Gasteiger partial charge is 0.355 e. The standard InChI is InChI=1S/C21H22N6O/c28-21(24-15-18-3-1-2-10-23-18)17-8-13-27(14-9-17)20-5-4-19(25-26-20)16-6-11-22-12-7-16/h1-7,10-12,17H,8-9,13-15H2,(H,24,28). The molecule has 0 atom stereocenters. The van der Waals surface area contributed by atoms with E-state index < -0.39 is 0 Å². The summed E-state index contributed by atoms with van der Waals surface area (Å²) in [7, 11) is 0. The average molecular weight is 374 g/mol. The summed E-state index contributed by atoms with van der Waals surface area (Å²) in [5.74, 6) is 0.985. The highest BCUT2D eigenvalue weighted by atomic mass is 16.1. The van der Waals surface area contributed by atoms with Crippen LogP contribution >= 0.6 is 0 Å². The van der Waals surface area contributed by atoms with Gasteiger partial charge in [0.05, 0.1) is 17.9 Å². The molecule has 7 nitrogen and oxygen atoms in total. The third-order valence-corrected chi connectivity index (χ3v) is 4.99. The maximum Gasteiger partial charge on any atom is 0.223 e. The number of aromatic nitrogens is 4. The SMILES string of the molecule is O=C(NCc1ccccn1)C1CCN(c2ccc(-c3ccncc3)nn2)CC1. The lowest BCUT2D eigenvalue weighted by Gasteiger charge is -2.31. The lowest BCUT2D eigenvalue weighted by Crippen LogP contribution is -2.40. The highest BCUT2D eigenvalue weighted by molar-refractivity contribution is 5.78. The highest BCUT2D eigenvalue weighted by Gasteiger charge is 2.25. The third-order valence-electron chi connectivity index (χ3n) is 4.99. The van der Waals surface area contributed by atoms with E-state index in [0.29, 0.717) is 6.54 Å². The minimum atomic E-state index is 0.0315. The van der Waals surface area contributed by atoms with Gasteiger partial charge in [0, 0.05) is 43.2 Å². The topological polar surface area (TPSA) is 83.9 Å². The highest BCUT2D eigenvalue weighted by Crippen LogP contribution is 2.23. The first-order valence-electron chi connectivity index (χ1n) is 9.46. The molecule has 7 heteroatoms. The van der Waals surface area contributed by atoms with Crippen LogP contribution in [-0.2, 0) is 11.3 Å². The number of anilines is 1. The molecule has 1 amide bonds. The Bertz CT molecular complexity index is 893. The Labute approximate surface area is 163 Å². The quantitative estimate of drug-likeness (QED) is 0.739. The average Bonchev–Trinajstić information content (AvgIpc) is 2.79. The molecular formula is C21H22N6O. The molecule has 3 aromatic rings. The van der Waals surface area contributed by atoms with E-state index in [1.807, 2.05) is 42.5 Å². The molecule has 28 heavy (non-hydrogen) atoms. The van der Waals surface area contributed by atoms with Crippen molar-refractivity contribution in [2.75, 3.05) is 18.0 Å². The Kier molecular flexibility index (Phi) is 5.51. The molecule has 0 aliphatic carbocycles. The van der Waals surface area contributed by atoms with Crippen molar-refractivity contribution in [1.82, 2.24) is 25.5 Å². The van der Waals surface area contributed by atoms with Crippen LogP contribution in [0.2, 0.25) is 0 Å². The maximum atomic E-state index is 12.4. The van der Waals surface area contributed by atoms with Gasteiger partial charge in [-0.1, -0.05) is 6.07 Å². The van der Waals surface area contributed by atoms with Gasteiger partial charge in [-0.05, 0) is 49.2 Å². The molecule has 1 aliphatic heterocycles. The van der Waals surface area contributed by atoms with Crippen LogP contribution in [0.5, 0.6) is 0 Å². The van der Waals surface area contributed by atoms with Crippen molar-refractivity contribution in [2.45, 2.75) is 19.4 Å². The van der Waals surface area contributed by atoms with Crippen molar-refractivity contribution in [2.24, 2.45) is 5.92 Å². The van der Waals surface area contributed by atoms with Crippen molar-refractivity contribution in [3.8, 4) is 11.3 Å². The molecule has 0 aromatic carbocycles. The number of piperidine rings is 1. The number of carbonyl (C=O) groups is 1. The number of amides is 1. The summed E-state index contributed by atoms with van der Waals surface area (Å²) >= 11 is 0. The van der Waals surface area contributed by atoms with Crippen molar-refractivity contribution in [3.05, 3.63) is 66.7 Å². The molecule has 1 saturated heterocycles. The summed E-state index contributed by atoms with van der Waals surface area (Å²) < 4.78 is 0. The molecule has 1 aliphatic rings. The number of hydrogen-bond acceptors (Lipinski definition) is 6. The molecule has 4 heterocycles. The zero-order valence-electron chi connectivity index (χ0n) is 15.5. The summed E-state index contributed by atoms with van der Waals surface area (Å²) in [6.07, 6.45) is 6.84. The van der Waals surface area contributed by atoms with E-state index in [0.717, 1.165) is 48.7 Å².